The quantitative estimate of drug-likeness (QED) is 0.255. The standard InChI is InChI=1S/C31H37F3O3/c1-3-4-17-36-26-14-11-24(29(32)18-26)19-37-25-12-9-23(10-13-25)28-16-15-27(30(33)31(28)34)22-7-5-21(6-8-22)20(2)35/h3,5,7-8,11,14,16,18,20-21,23,25,27,35H,1,4,6,9-10,12-13,15,17,19H2,2H3. The van der Waals surface area contributed by atoms with Crippen molar-refractivity contribution in [3.63, 3.8) is 0 Å². The predicted octanol–water partition coefficient (Wildman–Crippen LogP) is 7.84. The largest absolute Gasteiger partial charge is 0.493 e. The molecule has 6 heteroatoms. The summed E-state index contributed by atoms with van der Waals surface area (Å²) in [5.41, 5.74) is 1.73. The van der Waals surface area contributed by atoms with Crippen LogP contribution in [0.5, 0.6) is 5.75 Å². The van der Waals surface area contributed by atoms with Gasteiger partial charge in [-0.2, -0.15) is 0 Å². The fraction of sp³-hybridized carbons (Fsp3) is 0.484. The summed E-state index contributed by atoms with van der Waals surface area (Å²) in [5, 5.41) is 9.75. The molecule has 4 rings (SSSR count). The van der Waals surface area contributed by atoms with Gasteiger partial charge in [0.15, 0.2) is 5.83 Å². The maximum Gasteiger partial charge on any atom is 0.158 e. The van der Waals surface area contributed by atoms with Crippen LogP contribution in [0.2, 0.25) is 0 Å². The molecule has 1 saturated carbocycles. The van der Waals surface area contributed by atoms with Gasteiger partial charge in [0.05, 0.1) is 25.4 Å². The SMILES string of the molecule is C=CCCOc1ccc(COC2CCC(C3=CCC(C4=CCC(C(C)O)C=C4)C(F)=C3F)CC2)c(F)c1. The highest BCUT2D eigenvalue weighted by atomic mass is 19.2. The molecule has 0 aliphatic heterocycles. The van der Waals surface area contributed by atoms with E-state index >= 15 is 8.78 Å². The molecule has 200 valence electrons. The van der Waals surface area contributed by atoms with E-state index in [4.69, 9.17) is 9.47 Å². The maximum absolute atomic E-state index is 15.1. The third kappa shape index (κ3) is 6.85. The Labute approximate surface area is 218 Å². The number of benzene rings is 1. The van der Waals surface area contributed by atoms with Gasteiger partial charge in [-0.15, -0.1) is 6.58 Å². The van der Waals surface area contributed by atoms with Gasteiger partial charge in [-0.1, -0.05) is 36.4 Å². The lowest BCUT2D eigenvalue weighted by molar-refractivity contribution is 0.00884. The van der Waals surface area contributed by atoms with Gasteiger partial charge in [-0.3, -0.25) is 0 Å². The van der Waals surface area contributed by atoms with Gasteiger partial charge < -0.3 is 14.6 Å². The highest BCUT2D eigenvalue weighted by Gasteiger charge is 2.33. The third-order valence-electron chi connectivity index (χ3n) is 7.73. The molecule has 3 atom stereocenters. The smallest absolute Gasteiger partial charge is 0.158 e. The highest BCUT2D eigenvalue weighted by Crippen LogP contribution is 2.44. The van der Waals surface area contributed by atoms with Crippen LogP contribution in [0.25, 0.3) is 0 Å². The summed E-state index contributed by atoms with van der Waals surface area (Å²) >= 11 is 0. The Morgan fingerprint density at radius 1 is 1.11 bits per heavy atom. The van der Waals surface area contributed by atoms with Crippen molar-refractivity contribution in [2.45, 2.75) is 70.7 Å². The Kier molecular flexibility index (Phi) is 9.49. The Morgan fingerprint density at radius 2 is 1.89 bits per heavy atom. The number of hydrogen-bond acceptors (Lipinski definition) is 3. The summed E-state index contributed by atoms with van der Waals surface area (Å²) in [6.45, 7) is 6.00. The minimum absolute atomic E-state index is 0.0185. The highest BCUT2D eigenvalue weighted by molar-refractivity contribution is 5.41. The average Bonchev–Trinajstić information content (AvgIpc) is 2.90. The molecule has 0 aromatic heterocycles. The van der Waals surface area contributed by atoms with Crippen LogP contribution in [0, 0.1) is 23.6 Å². The lowest BCUT2D eigenvalue weighted by atomic mass is 9.77. The first-order chi connectivity index (χ1) is 17.9. The summed E-state index contributed by atoms with van der Waals surface area (Å²) in [7, 11) is 0. The van der Waals surface area contributed by atoms with Crippen LogP contribution in [-0.2, 0) is 11.3 Å². The molecule has 1 N–H and O–H groups in total. The number of ether oxygens (including phenoxy) is 2. The van der Waals surface area contributed by atoms with Gasteiger partial charge in [-0.25, -0.2) is 13.2 Å². The molecule has 0 spiro atoms. The van der Waals surface area contributed by atoms with Crippen molar-refractivity contribution < 1.29 is 27.8 Å². The van der Waals surface area contributed by atoms with Crippen molar-refractivity contribution >= 4 is 0 Å². The Balaban J connectivity index is 1.27. The Bertz CT molecular complexity index is 1080. The summed E-state index contributed by atoms with van der Waals surface area (Å²) in [5.74, 6) is -1.90. The lowest BCUT2D eigenvalue weighted by Crippen LogP contribution is -2.24. The molecule has 1 fully saturated rings. The summed E-state index contributed by atoms with van der Waals surface area (Å²) in [6.07, 6.45) is 13.4. The fourth-order valence-electron chi connectivity index (χ4n) is 5.37. The van der Waals surface area contributed by atoms with Crippen molar-refractivity contribution in [1.29, 1.82) is 0 Å². The number of hydrogen-bond donors (Lipinski definition) is 1. The molecule has 1 aromatic rings. The maximum atomic E-state index is 15.1. The van der Waals surface area contributed by atoms with Crippen molar-refractivity contribution in [2.24, 2.45) is 17.8 Å². The van der Waals surface area contributed by atoms with Gasteiger partial charge in [0.2, 0.25) is 0 Å². The first-order valence-corrected chi connectivity index (χ1v) is 13.3. The van der Waals surface area contributed by atoms with E-state index in [1.54, 1.807) is 25.1 Å². The molecule has 1 aromatic carbocycles. The molecule has 37 heavy (non-hydrogen) atoms. The van der Waals surface area contributed by atoms with E-state index in [0.717, 1.165) is 18.4 Å². The van der Waals surface area contributed by atoms with Gasteiger partial charge in [-0.05, 0) is 75.0 Å². The second-order valence-corrected chi connectivity index (χ2v) is 10.3. The molecule has 3 aliphatic rings. The first-order valence-electron chi connectivity index (χ1n) is 13.3. The zero-order valence-corrected chi connectivity index (χ0v) is 21.5. The fourth-order valence-corrected chi connectivity index (χ4v) is 5.37. The zero-order chi connectivity index (χ0) is 26.4. The van der Waals surface area contributed by atoms with Crippen molar-refractivity contribution in [3.8, 4) is 5.75 Å². The van der Waals surface area contributed by atoms with E-state index in [1.165, 1.54) is 6.07 Å². The van der Waals surface area contributed by atoms with E-state index in [-0.39, 0.29) is 30.4 Å². The second kappa shape index (κ2) is 12.8. The second-order valence-electron chi connectivity index (χ2n) is 10.3. The van der Waals surface area contributed by atoms with Crippen LogP contribution in [0.4, 0.5) is 13.2 Å². The molecule has 0 amide bonds. The van der Waals surface area contributed by atoms with Crippen LogP contribution in [0.1, 0.15) is 57.4 Å². The molecule has 3 unspecified atom stereocenters. The first kappa shape index (κ1) is 27.5. The zero-order valence-electron chi connectivity index (χ0n) is 21.5. The van der Waals surface area contributed by atoms with Gasteiger partial charge in [0.25, 0.3) is 0 Å². The lowest BCUT2D eigenvalue weighted by Gasteiger charge is -2.32. The van der Waals surface area contributed by atoms with Crippen LogP contribution in [0.3, 0.4) is 0 Å². The summed E-state index contributed by atoms with van der Waals surface area (Å²) in [4.78, 5) is 0. The molecule has 0 bridgehead atoms. The minimum atomic E-state index is -0.718. The number of halogens is 3. The van der Waals surface area contributed by atoms with Crippen LogP contribution >= 0.6 is 0 Å². The topological polar surface area (TPSA) is 38.7 Å². The molecular weight excluding hydrogens is 477 g/mol. The van der Waals surface area contributed by atoms with E-state index in [0.29, 0.717) is 55.6 Å². The van der Waals surface area contributed by atoms with Crippen molar-refractivity contribution in [1.82, 2.24) is 0 Å². The van der Waals surface area contributed by atoms with Gasteiger partial charge in [0, 0.05) is 23.5 Å². The van der Waals surface area contributed by atoms with E-state index in [2.05, 4.69) is 6.58 Å². The number of aliphatic hydroxyl groups is 1. The van der Waals surface area contributed by atoms with Gasteiger partial charge in [0.1, 0.15) is 17.4 Å². The van der Waals surface area contributed by atoms with Gasteiger partial charge >= 0.3 is 0 Å². The Morgan fingerprint density at radius 3 is 2.54 bits per heavy atom. The number of allylic oxidation sites excluding steroid dienone is 7. The van der Waals surface area contributed by atoms with Crippen LogP contribution < -0.4 is 4.74 Å². The minimum Gasteiger partial charge on any atom is -0.493 e. The molecule has 0 radical (unpaired) electrons. The third-order valence-corrected chi connectivity index (χ3v) is 7.73. The Hall–Kier alpha value is -2.57. The number of rotatable bonds is 10. The molecule has 0 heterocycles. The number of aliphatic hydroxyl groups excluding tert-OH is 1. The van der Waals surface area contributed by atoms with Crippen molar-refractivity contribution in [3.05, 3.63) is 89.3 Å². The molecule has 3 aliphatic carbocycles. The monoisotopic (exact) mass is 514 g/mol. The molecule has 0 saturated heterocycles. The van der Waals surface area contributed by atoms with Crippen molar-refractivity contribution in [2.75, 3.05) is 6.61 Å². The molecular formula is C31H37F3O3. The van der Waals surface area contributed by atoms with Crippen LogP contribution in [-0.4, -0.2) is 23.9 Å². The van der Waals surface area contributed by atoms with E-state index < -0.39 is 23.7 Å². The average molecular weight is 515 g/mol. The summed E-state index contributed by atoms with van der Waals surface area (Å²) in [6, 6.07) is 4.78. The van der Waals surface area contributed by atoms with Crippen LogP contribution in [0.15, 0.2) is 78.0 Å². The predicted molar refractivity (Wildman–Crippen MR) is 140 cm³/mol. The molecule has 3 nitrogen and oxygen atoms in total. The van der Waals surface area contributed by atoms with E-state index in [1.807, 2.05) is 24.3 Å². The summed E-state index contributed by atoms with van der Waals surface area (Å²) < 4.78 is 56.1. The normalized spacial score (nSPS) is 26.9. The van der Waals surface area contributed by atoms with E-state index in [9.17, 15) is 9.50 Å².